The molecule has 4 atom stereocenters. The second kappa shape index (κ2) is 10.3. The predicted molar refractivity (Wildman–Crippen MR) is 146 cm³/mol. The molecule has 190 valence electrons. The van der Waals surface area contributed by atoms with Crippen LogP contribution in [-0.4, -0.2) is 77.9 Å². The van der Waals surface area contributed by atoms with Gasteiger partial charge in [0, 0.05) is 0 Å². The maximum Gasteiger partial charge on any atom is 0.193 e. The highest BCUT2D eigenvalue weighted by atomic mass is 28.4. The summed E-state index contributed by atoms with van der Waals surface area (Å²) < 4.78 is 33.2. The summed E-state index contributed by atoms with van der Waals surface area (Å²) in [6, 6.07) is 0. The molecule has 32 heavy (non-hydrogen) atoms. The van der Waals surface area contributed by atoms with E-state index in [0.29, 0.717) is 0 Å². The van der Waals surface area contributed by atoms with Crippen LogP contribution in [0.3, 0.4) is 0 Å². The normalized spacial score (nSPS) is 28.8. The van der Waals surface area contributed by atoms with E-state index in [9.17, 15) is 4.79 Å². The van der Waals surface area contributed by atoms with Gasteiger partial charge in [-0.15, -0.1) is 0 Å². The zero-order valence-electron chi connectivity index (χ0n) is 23.3. The molecule has 1 fully saturated rings. The van der Waals surface area contributed by atoms with Crippen LogP contribution in [-0.2, 0) is 26.9 Å². The van der Waals surface area contributed by atoms with E-state index >= 15 is 0 Å². The molecule has 0 spiro atoms. The summed E-state index contributed by atoms with van der Waals surface area (Å²) in [5.41, 5.74) is 0. The number of hydrogen-bond acceptors (Lipinski definition) is 6. The van der Waals surface area contributed by atoms with Crippen molar-refractivity contribution < 1.29 is 26.9 Å². The molecule has 0 aromatic rings. The SMILES string of the molecule is C[Si](C)(C)OC1C(=O)C(O[Si](C)(C)C)C(O[Si](C)(C)C)C(O[Si](C)(C)C)C1O[Si](C)(C)C. The molecule has 1 saturated carbocycles. The van der Waals surface area contributed by atoms with Gasteiger partial charge in [-0.05, 0) is 98.2 Å². The lowest BCUT2D eigenvalue weighted by molar-refractivity contribution is -0.172. The number of carbonyl (C=O) groups is 1. The van der Waals surface area contributed by atoms with E-state index in [2.05, 4.69) is 98.2 Å². The Labute approximate surface area is 202 Å². The molecule has 4 unspecified atom stereocenters. The number of rotatable bonds is 10. The molecule has 0 amide bonds. The fourth-order valence-electron chi connectivity index (χ4n) is 3.65. The Bertz CT molecular complexity index is 594. The van der Waals surface area contributed by atoms with Gasteiger partial charge in [-0.3, -0.25) is 4.79 Å². The standard InChI is InChI=1S/C21H50O6Si5/c1-28(2,3)23-17-16(22)18(24-29(4,5)6)20(26-31(10,11)12)21(27-32(13,14)15)19(17)25-30(7,8)9/h17-21H,1-15H3. The number of hydrogen-bond donors (Lipinski definition) is 0. The number of carbonyl (C=O) groups excluding carboxylic acids is 1. The topological polar surface area (TPSA) is 63.2 Å². The summed E-state index contributed by atoms with van der Waals surface area (Å²) in [7, 11) is -10.2. The fraction of sp³-hybridized carbons (Fsp3) is 0.952. The van der Waals surface area contributed by atoms with Gasteiger partial charge in [0.2, 0.25) is 0 Å². The van der Waals surface area contributed by atoms with E-state index in [1.54, 1.807) is 0 Å². The molecular weight excluding hydrogens is 489 g/mol. The molecule has 0 saturated heterocycles. The van der Waals surface area contributed by atoms with Gasteiger partial charge in [0.15, 0.2) is 47.4 Å². The average molecular weight is 539 g/mol. The zero-order chi connectivity index (χ0) is 25.5. The van der Waals surface area contributed by atoms with Crippen LogP contribution in [0.25, 0.3) is 0 Å². The highest BCUT2D eigenvalue weighted by Crippen LogP contribution is 2.36. The molecule has 0 aliphatic heterocycles. The van der Waals surface area contributed by atoms with Gasteiger partial charge in [-0.2, -0.15) is 0 Å². The van der Waals surface area contributed by atoms with E-state index in [-0.39, 0.29) is 5.78 Å². The van der Waals surface area contributed by atoms with E-state index in [0.717, 1.165) is 0 Å². The van der Waals surface area contributed by atoms with Crippen LogP contribution in [0, 0.1) is 0 Å². The molecule has 1 rings (SSSR count). The second-order valence-corrected chi connectivity index (χ2v) is 36.1. The Morgan fingerprint density at radius 3 is 0.844 bits per heavy atom. The summed E-state index contributed by atoms with van der Waals surface area (Å²) >= 11 is 0. The predicted octanol–water partition coefficient (Wildman–Crippen LogP) is 5.67. The third-order valence-corrected chi connectivity index (χ3v) is 9.10. The van der Waals surface area contributed by atoms with Crippen LogP contribution in [0.5, 0.6) is 0 Å². The van der Waals surface area contributed by atoms with Crippen molar-refractivity contribution in [2.75, 3.05) is 0 Å². The number of ketones is 1. The second-order valence-electron chi connectivity index (χ2n) is 13.8. The molecule has 0 radical (unpaired) electrons. The molecule has 0 heterocycles. The molecule has 11 heteroatoms. The van der Waals surface area contributed by atoms with Gasteiger partial charge in [-0.25, -0.2) is 0 Å². The minimum atomic E-state index is -2.05. The number of Topliss-reactive ketones (excluding diaryl/α,β-unsaturated/α-hetero) is 1. The molecule has 0 bridgehead atoms. The fourth-order valence-corrected chi connectivity index (χ4v) is 8.90. The van der Waals surface area contributed by atoms with E-state index in [1.165, 1.54) is 0 Å². The van der Waals surface area contributed by atoms with Crippen molar-refractivity contribution in [1.82, 2.24) is 0 Å². The van der Waals surface area contributed by atoms with Crippen molar-refractivity contribution in [3.05, 3.63) is 0 Å². The van der Waals surface area contributed by atoms with Crippen LogP contribution < -0.4 is 0 Å². The van der Waals surface area contributed by atoms with Crippen molar-refractivity contribution in [3.8, 4) is 0 Å². The minimum absolute atomic E-state index is 0.0447. The highest BCUT2D eigenvalue weighted by molar-refractivity contribution is 6.71. The monoisotopic (exact) mass is 538 g/mol. The van der Waals surface area contributed by atoms with Crippen molar-refractivity contribution >= 4 is 47.4 Å². The maximum absolute atomic E-state index is 14.0. The Balaban J connectivity index is 3.70. The van der Waals surface area contributed by atoms with Crippen LogP contribution in [0.2, 0.25) is 98.2 Å². The largest absolute Gasteiger partial charge is 0.409 e. The third kappa shape index (κ3) is 10.9. The van der Waals surface area contributed by atoms with Crippen LogP contribution in [0.15, 0.2) is 0 Å². The maximum atomic E-state index is 14.0. The van der Waals surface area contributed by atoms with Gasteiger partial charge >= 0.3 is 0 Å². The van der Waals surface area contributed by atoms with Crippen molar-refractivity contribution in [2.24, 2.45) is 0 Å². The first kappa shape index (κ1) is 30.6. The van der Waals surface area contributed by atoms with Gasteiger partial charge in [0.25, 0.3) is 0 Å². The Hall–Kier alpha value is 0.554. The van der Waals surface area contributed by atoms with E-state index < -0.39 is 72.1 Å². The highest BCUT2D eigenvalue weighted by Gasteiger charge is 2.57. The van der Waals surface area contributed by atoms with Crippen molar-refractivity contribution in [3.63, 3.8) is 0 Å². The van der Waals surface area contributed by atoms with Gasteiger partial charge < -0.3 is 22.1 Å². The van der Waals surface area contributed by atoms with Gasteiger partial charge in [0.1, 0.15) is 30.5 Å². The lowest BCUT2D eigenvalue weighted by Gasteiger charge is -2.51. The quantitative estimate of drug-likeness (QED) is 0.334. The molecule has 1 aliphatic rings. The van der Waals surface area contributed by atoms with Gasteiger partial charge in [0.05, 0.1) is 0 Å². The van der Waals surface area contributed by atoms with Gasteiger partial charge in [-0.1, -0.05) is 0 Å². The lowest BCUT2D eigenvalue weighted by atomic mass is 9.86. The van der Waals surface area contributed by atoms with Crippen molar-refractivity contribution in [1.29, 1.82) is 0 Å². The summed E-state index contributed by atoms with van der Waals surface area (Å²) in [6.07, 6.45) is -2.78. The first-order valence-corrected chi connectivity index (χ1v) is 28.9. The van der Waals surface area contributed by atoms with Crippen molar-refractivity contribution in [2.45, 2.75) is 129 Å². The molecule has 0 N–H and O–H groups in total. The minimum Gasteiger partial charge on any atom is -0.409 e. The molecular formula is C21H50O6Si5. The first-order chi connectivity index (χ1) is 13.9. The van der Waals surface area contributed by atoms with Crippen LogP contribution in [0.4, 0.5) is 0 Å². The van der Waals surface area contributed by atoms with E-state index in [4.69, 9.17) is 22.1 Å². The third-order valence-electron chi connectivity index (χ3n) is 4.24. The van der Waals surface area contributed by atoms with Crippen LogP contribution in [0.1, 0.15) is 0 Å². The Morgan fingerprint density at radius 1 is 0.406 bits per heavy atom. The summed E-state index contributed by atoms with van der Waals surface area (Å²) in [5, 5.41) is 0. The Kier molecular flexibility index (Phi) is 9.82. The lowest BCUT2D eigenvalue weighted by Crippen LogP contribution is -2.70. The summed E-state index contributed by atoms with van der Waals surface area (Å²) in [6.45, 7) is 32.1. The zero-order valence-corrected chi connectivity index (χ0v) is 28.3. The Morgan fingerprint density at radius 2 is 0.625 bits per heavy atom. The smallest absolute Gasteiger partial charge is 0.193 e. The molecule has 0 aromatic heterocycles. The first-order valence-electron chi connectivity index (χ1n) is 11.8. The summed E-state index contributed by atoms with van der Waals surface area (Å²) in [5.74, 6) is -0.0447. The molecule has 1 aliphatic carbocycles. The summed E-state index contributed by atoms with van der Waals surface area (Å²) in [4.78, 5) is 14.0. The van der Waals surface area contributed by atoms with E-state index in [1.807, 2.05) is 0 Å². The molecule has 0 aromatic carbocycles. The average Bonchev–Trinajstić information content (AvgIpc) is 2.45. The van der Waals surface area contributed by atoms with Crippen LogP contribution >= 0.6 is 0 Å². The molecule has 6 nitrogen and oxygen atoms in total.